The van der Waals surface area contributed by atoms with Crippen molar-refractivity contribution in [1.29, 1.82) is 0 Å². The summed E-state index contributed by atoms with van der Waals surface area (Å²) in [5.41, 5.74) is 3.87. The zero-order valence-corrected chi connectivity index (χ0v) is 17.6. The smallest absolute Gasteiger partial charge is 0.340 e. The summed E-state index contributed by atoms with van der Waals surface area (Å²) in [6.45, 7) is 3.41. The Kier molecular flexibility index (Phi) is 6.18. The number of ether oxygens (including phenoxy) is 1. The SMILES string of the molecule is CCCCOC(=O)c1ccccc1Nc1cc(Nc2cnn3c2CCC3)ncc1Cl. The molecule has 3 heterocycles. The molecule has 8 heteroatoms. The highest BCUT2D eigenvalue weighted by atomic mass is 35.5. The highest BCUT2D eigenvalue weighted by Gasteiger charge is 2.17. The van der Waals surface area contributed by atoms with Crippen molar-refractivity contribution in [3.63, 3.8) is 0 Å². The fourth-order valence-electron chi connectivity index (χ4n) is 3.41. The first-order valence-corrected chi connectivity index (χ1v) is 10.5. The Bertz CT molecular complexity index is 1050. The van der Waals surface area contributed by atoms with E-state index in [4.69, 9.17) is 16.3 Å². The number of hydrogen-bond acceptors (Lipinski definition) is 6. The Morgan fingerprint density at radius 3 is 2.93 bits per heavy atom. The molecule has 1 aliphatic heterocycles. The lowest BCUT2D eigenvalue weighted by Gasteiger charge is -2.14. The normalized spacial score (nSPS) is 12.5. The van der Waals surface area contributed by atoms with Crippen molar-refractivity contribution in [2.24, 2.45) is 0 Å². The predicted octanol–water partition coefficient (Wildman–Crippen LogP) is 5.32. The number of aryl methyl sites for hydroxylation is 1. The summed E-state index contributed by atoms with van der Waals surface area (Å²) in [7, 11) is 0. The Labute approximate surface area is 180 Å². The van der Waals surface area contributed by atoms with Gasteiger partial charge in [0.2, 0.25) is 0 Å². The molecular weight excluding hydrogens is 402 g/mol. The van der Waals surface area contributed by atoms with Crippen molar-refractivity contribution >= 4 is 40.5 Å². The van der Waals surface area contributed by atoms with Gasteiger partial charge in [-0.05, 0) is 31.4 Å². The van der Waals surface area contributed by atoms with Gasteiger partial charge in [0.25, 0.3) is 0 Å². The van der Waals surface area contributed by atoms with Crippen LogP contribution in [0.5, 0.6) is 0 Å². The maximum Gasteiger partial charge on any atom is 0.340 e. The lowest BCUT2D eigenvalue weighted by Crippen LogP contribution is -2.09. The first kappa shape index (κ1) is 20.2. The highest BCUT2D eigenvalue weighted by molar-refractivity contribution is 6.33. The molecule has 2 aromatic heterocycles. The van der Waals surface area contributed by atoms with Crippen LogP contribution in [0.15, 0.2) is 42.7 Å². The molecule has 0 unspecified atom stereocenters. The number of carbonyl (C=O) groups excluding carboxylic acids is 1. The second kappa shape index (κ2) is 9.17. The van der Waals surface area contributed by atoms with Gasteiger partial charge in [0.15, 0.2) is 0 Å². The van der Waals surface area contributed by atoms with E-state index in [2.05, 4.69) is 27.6 Å². The number of anilines is 4. The van der Waals surface area contributed by atoms with E-state index in [-0.39, 0.29) is 5.97 Å². The molecule has 0 fully saturated rings. The third-order valence-electron chi connectivity index (χ3n) is 5.00. The van der Waals surface area contributed by atoms with Crippen molar-refractivity contribution in [2.45, 2.75) is 39.2 Å². The fraction of sp³-hybridized carbons (Fsp3) is 0.318. The Morgan fingerprint density at radius 2 is 2.07 bits per heavy atom. The monoisotopic (exact) mass is 425 g/mol. The van der Waals surface area contributed by atoms with Crippen molar-refractivity contribution in [3.8, 4) is 0 Å². The third kappa shape index (κ3) is 4.41. The molecule has 0 aliphatic carbocycles. The summed E-state index contributed by atoms with van der Waals surface area (Å²) in [5, 5.41) is 11.4. The number of unbranched alkanes of at least 4 members (excludes halogenated alkanes) is 1. The van der Waals surface area contributed by atoms with Gasteiger partial charge < -0.3 is 15.4 Å². The molecule has 156 valence electrons. The number of esters is 1. The summed E-state index contributed by atoms with van der Waals surface area (Å²) in [6.07, 6.45) is 7.30. The van der Waals surface area contributed by atoms with Gasteiger partial charge in [-0.1, -0.05) is 37.1 Å². The van der Waals surface area contributed by atoms with E-state index in [1.165, 1.54) is 5.69 Å². The number of aromatic nitrogens is 3. The Hall–Kier alpha value is -3.06. The van der Waals surface area contributed by atoms with Gasteiger partial charge >= 0.3 is 5.97 Å². The zero-order valence-electron chi connectivity index (χ0n) is 16.8. The first-order valence-electron chi connectivity index (χ1n) is 10.2. The van der Waals surface area contributed by atoms with E-state index in [1.54, 1.807) is 12.3 Å². The number of fused-ring (bicyclic) bond motifs is 1. The minimum atomic E-state index is -0.356. The molecule has 0 atom stereocenters. The van der Waals surface area contributed by atoms with E-state index >= 15 is 0 Å². The number of hydrogen-bond donors (Lipinski definition) is 2. The van der Waals surface area contributed by atoms with Crippen LogP contribution < -0.4 is 10.6 Å². The van der Waals surface area contributed by atoms with E-state index in [0.29, 0.717) is 34.4 Å². The highest BCUT2D eigenvalue weighted by Crippen LogP contribution is 2.31. The third-order valence-corrected chi connectivity index (χ3v) is 5.30. The summed E-state index contributed by atoms with van der Waals surface area (Å²) < 4.78 is 7.38. The van der Waals surface area contributed by atoms with Crippen molar-refractivity contribution < 1.29 is 9.53 Å². The summed E-state index contributed by atoms with van der Waals surface area (Å²) in [4.78, 5) is 16.8. The molecule has 7 nitrogen and oxygen atoms in total. The fourth-order valence-corrected chi connectivity index (χ4v) is 3.56. The van der Waals surface area contributed by atoms with Crippen LogP contribution in [0.1, 0.15) is 42.2 Å². The van der Waals surface area contributed by atoms with Crippen molar-refractivity contribution in [3.05, 3.63) is 59.0 Å². The van der Waals surface area contributed by atoms with E-state index < -0.39 is 0 Å². The maximum absolute atomic E-state index is 12.5. The van der Waals surface area contributed by atoms with Crippen LogP contribution in [0.3, 0.4) is 0 Å². The molecule has 1 aromatic carbocycles. The number of carbonyl (C=O) groups is 1. The van der Waals surface area contributed by atoms with Gasteiger partial charge in [-0.25, -0.2) is 9.78 Å². The van der Waals surface area contributed by atoms with E-state index in [0.717, 1.165) is 37.9 Å². The number of nitrogens with zero attached hydrogens (tertiary/aromatic N) is 3. The minimum absolute atomic E-state index is 0.356. The topological polar surface area (TPSA) is 81.1 Å². The van der Waals surface area contributed by atoms with Gasteiger partial charge in [0.1, 0.15) is 5.82 Å². The van der Waals surface area contributed by atoms with Crippen LogP contribution >= 0.6 is 11.6 Å². The molecule has 0 saturated heterocycles. The number of nitrogens with one attached hydrogen (secondary N) is 2. The average Bonchev–Trinajstić information content (AvgIpc) is 3.36. The number of halogens is 1. The lowest BCUT2D eigenvalue weighted by atomic mass is 10.1. The number of rotatable bonds is 8. The Morgan fingerprint density at radius 1 is 1.20 bits per heavy atom. The second-order valence-electron chi connectivity index (χ2n) is 7.17. The van der Waals surface area contributed by atoms with Gasteiger partial charge in [-0.15, -0.1) is 0 Å². The molecule has 3 aromatic rings. The van der Waals surface area contributed by atoms with Crippen LogP contribution in [0, 0.1) is 0 Å². The molecule has 2 N–H and O–H groups in total. The Balaban J connectivity index is 1.54. The minimum Gasteiger partial charge on any atom is -0.462 e. The molecule has 30 heavy (non-hydrogen) atoms. The maximum atomic E-state index is 12.5. The molecule has 4 rings (SSSR count). The summed E-state index contributed by atoms with van der Waals surface area (Å²) >= 11 is 6.37. The molecule has 0 saturated carbocycles. The van der Waals surface area contributed by atoms with Crippen LogP contribution in [0.25, 0.3) is 0 Å². The van der Waals surface area contributed by atoms with Gasteiger partial charge in [0.05, 0.1) is 52.3 Å². The zero-order chi connectivity index (χ0) is 20.9. The van der Waals surface area contributed by atoms with Crippen LogP contribution in [0.2, 0.25) is 5.02 Å². The lowest BCUT2D eigenvalue weighted by molar-refractivity contribution is 0.0501. The first-order chi connectivity index (χ1) is 14.7. The molecular formula is C22H24ClN5O2. The van der Waals surface area contributed by atoms with Gasteiger partial charge in [-0.2, -0.15) is 5.10 Å². The van der Waals surface area contributed by atoms with E-state index in [9.17, 15) is 4.79 Å². The van der Waals surface area contributed by atoms with Gasteiger partial charge in [-0.3, -0.25) is 4.68 Å². The number of para-hydroxylation sites is 1. The standard InChI is InChI=1S/C22H24ClN5O2/c1-2-3-11-30-22(29)15-7-4-5-8-17(15)26-18-12-21(24-13-16(18)23)27-19-14-25-28-10-6-9-20(19)28/h4-5,7-8,12-14H,2-3,6,9-11H2,1H3,(H2,24,26,27). The van der Waals surface area contributed by atoms with Crippen LogP contribution in [0.4, 0.5) is 22.9 Å². The molecule has 0 spiro atoms. The summed E-state index contributed by atoms with van der Waals surface area (Å²) in [5.74, 6) is 0.290. The molecule has 0 bridgehead atoms. The molecule has 0 radical (unpaired) electrons. The summed E-state index contributed by atoms with van der Waals surface area (Å²) in [6, 6.07) is 9.05. The molecule has 0 amide bonds. The van der Waals surface area contributed by atoms with E-state index in [1.807, 2.05) is 35.1 Å². The predicted molar refractivity (Wildman–Crippen MR) is 118 cm³/mol. The van der Waals surface area contributed by atoms with Crippen LogP contribution in [-0.4, -0.2) is 27.3 Å². The number of benzene rings is 1. The quantitative estimate of drug-likeness (QED) is 0.375. The number of pyridine rings is 1. The average molecular weight is 426 g/mol. The second-order valence-corrected chi connectivity index (χ2v) is 7.57. The van der Waals surface area contributed by atoms with Crippen molar-refractivity contribution in [2.75, 3.05) is 17.2 Å². The van der Waals surface area contributed by atoms with Crippen molar-refractivity contribution in [1.82, 2.24) is 14.8 Å². The molecule has 1 aliphatic rings. The van der Waals surface area contributed by atoms with Crippen LogP contribution in [-0.2, 0) is 17.7 Å². The van der Waals surface area contributed by atoms with Gasteiger partial charge in [0, 0.05) is 12.6 Å². The largest absolute Gasteiger partial charge is 0.462 e.